The van der Waals surface area contributed by atoms with Crippen LogP contribution in [-0.4, -0.2) is 49.3 Å². The highest BCUT2D eigenvalue weighted by Crippen LogP contribution is 2.34. The Balaban J connectivity index is 1.74. The fraction of sp³-hybridized carbons (Fsp3) is 0.250. The molecule has 28 heavy (non-hydrogen) atoms. The normalized spacial score (nSPS) is 14.0. The minimum Gasteiger partial charge on any atom is -0.486 e. The molecule has 8 heteroatoms. The van der Waals surface area contributed by atoms with Crippen LogP contribution in [0.1, 0.15) is 5.56 Å². The molecule has 0 N–H and O–H groups in total. The van der Waals surface area contributed by atoms with E-state index in [0.717, 1.165) is 33.1 Å². The Hall–Kier alpha value is -2.97. The summed E-state index contributed by atoms with van der Waals surface area (Å²) >= 11 is 1.53. The van der Waals surface area contributed by atoms with Gasteiger partial charge in [-0.3, -0.25) is 9.98 Å². The molecular weight excluding hydrogens is 376 g/mol. The topological polar surface area (TPSA) is 70.2 Å². The zero-order valence-electron chi connectivity index (χ0n) is 15.4. The van der Waals surface area contributed by atoms with E-state index in [0.29, 0.717) is 26.4 Å². The maximum atomic E-state index is 5.72. The number of rotatable bonds is 6. The van der Waals surface area contributed by atoms with Crippen LogP contribution in [0.4, 0.5) is 0 Å². The first kappa shape index (κ1) is 18.4. The van der Waals surface area contributed by atoms with Gasteiger partial charge >= 0.3 is 0 Å². The van der Waals surface area contributed by atoms with Crippen molar-refractivity contribution in [2.75, 3.05) is 33.5 Å². The molecule has 0 unspecified atom stereocenters. The number of methoxy groups -OCH3 is 1. The van der Waals surface area contributed by atoms with Crippen LogP contribution >= 0.6 is 11.3 Å². The van der Waals surface area contributed by atoms with Gasteiger partial charge in [-0.2, -0.15) is 5.10 Å². The summed E-state index contributed by atoms with van der Waals surface area (Å²) in [5.41, 5.74) is 2.83. The number of aromatic nitrogens is 2. The number of pyridine rings is 1. The smallest absolute Gasteiger partial charge is 0.206 e. The van der Waals surface area contributed by atoms with Crippen molar-refractivity contribution in [2.45, 2.75) is 0 Å². The number of nitrogens with zero attached hydrogens (tertiary/aromatic N) is 4. The molecule has 7 nitrogen and oxygen atoms in total. The fourth-order valence-corrected chi connectivity index (χ4v) is 3.59. The lowest BCUT2D eigenvalue weighted by Crippen LogP contribution is -2.16. The van der Waals surface area contributed by atoms with Crippen molar-refractivity contribution in [1.82, 2.24) is 9.66 Å². The Morgan fingerprint density at radius 2 is 2.14 bits per heavy atom. The van der Waals surface area contributed by atoms with Crippen LogP contribution in [0, 0.1) is 0 Å². The molecule has 1 aromatic carbocycles. The zero-order chi connectivity index (χ0) is 19.2. The predicted molar refractivity (Wildman–Crippen MR) is 108 cm³/mol. The molecule has 3 heterocycles. The summed E-state index contributed by atoms with van der Waals surface area (Å²) in [5, 5.41) is 6.70. The molecule has 0 radical (unpaired) electrons. The molecule has 144 valence electrons. The summed E-state index contributed by atoms with van der Waals surface area (Å²) in [6.45, 7) is 2.25. The molecule has 0 atom stereocenters. The van der Waals surface area contributed by atoms with Crippen molar-refractivity contribution in [1.29, 1.82) is 0 Å². The highest BCUT2D eigenvalue weighted by molar-refractivity contribution is 7.07. The Bertz CT molecular complexity index is 1030. The first-order valence-electron chi connectivity index (χ1n) is 8.89. The van der Waals surface area contributed by atoms with E-state index in [2.05, 4.69) is 15.1 Å². The molecule has 0 bridgehead atoms. The summed E-state index contributed by atoms with van der Waals surface area (Å²) < 4.78 is 18.3. The zero-order valence-corrected chi connectivity index (χ0v) is 16.3. The minimum absolute atomic E-state index is 0.552. The number of hydrogen-bond acceptors (Lipinski definition) is 7. The van der Waals surface area contributed by atoms with Crippen molar-refractivity contribution in [3.63, 3.8) is 0 Å². The lowest BCUT2D eigenvalue weighted by atomic mass is 10.1. The monoisotopic (exact) mass is 396 g/mol. The van der Waals surface area contributed by atoms with Gasteiger partial charge in [-0.25, -0.2) is 4.68 Å². The molecule has 0 fully saturated rings. The SMILES string of the molecule is COCCN=c1scc(-c2ccc3c(c2)OCCO3)n1/N=C\c1cccnc1. The van der Waals surface area contributed by atoms with Crippen LogP contribution < -0.4 is 14.3 Å². The molecule has 3 aromatic rings. The quantitative estimate of drug-likeness (QED) is 0.475. The van der Waals surface area contributed by atoms with Gasteiger partial charge in [-0.05, 0) is 24.3 Å². The van der Waals surface area contributed by atoms with E-state index in [1.165, 1.54) is 11.3 Å². The molecule has 1 aliphatic rings. The summed E-state index contributed by atoms with van der Waals surface area (Å²) in [4.78, 5) is 9.53. The average Bonchev–Trinajstić information content (AvgIpc) is 3.15. The van der Waals surface area contributed by atoms with Crippen LogP contribution in [-0.2, 0) is 4.74 Å². The first-order chi connectivity index (χ1) is 13.8. The van der Waals surface area contributed by atoms with Gasteiger partial charge in [0.2, 0.25) is 4.80 Å². The predicted octanol–water partition coefficient (Wildman–Crippen LogP) is 2.81. The second-order valence-electron chi connectivity index (χ2n) is 5.98. The van der Waals surface area contributed by atoms with E-state index in [9.17, 15) is 0 Å². The summed E-state index contributed by atoms with van der Waals surface area (Å²) in [5.74, 6) is 1.51. The molecular formula is C20H20N4O3S. The highest BCUT2D eigenvalue weighted by atomic mass is 32.1. The second kappa shape index (κ2) is 8.81. The van der Waals surface area contributed by atoms with E-state index in [4.69, 9.17) is 14.2 Å². The third kappa shape index (κ3) is 4.13. The largest absolute Gasteiger partial charge is 0.486 e. The van der Waals surface area contributed by atoms with E-state index in [1.807, 2.05) is 40.4 Å². The molecule has 1 aliphatic heterocycles. The first-order valence-corrected chi connectivity index (χ1v) is 9.77. The molecule has 2 aromatic heterocycles. The Morgan fingerprint density at radius 3 is 2.96 bits per heavy atom. The molecule has 0 spiro atoms. The lowest BCUT2D eigenvalue weighted by Gasteiger charge is -2.18. The van der Waals surface area contributed by atoms with Crippen LogP contribution in [0.5, 0.6) is 11.5 Å². The molecule has 0 saturated carbocycles. The lowest BCUT2D eigenvalue weighted by molar-refractivity contribution is 0.171. The van der Waals surface area contributed by atoms with E-state index < -0.39 is 0 Å². The standard InChI is InChI=1S/C20H20N4O3S/c1-25-8-7-22-20-24(23-13-15-3-2-6-21-12-15)17(14-28-20)16-4-5-18-19(11-16)27-10-9-26-18/h2-6,11-14H,7-10H2,1H3/b22-20?,23-13-. The van der Waals surface area contributed by atoms with Crippen molar-refractivity contribution >= 4 is 17.6 Å². The van der Waals surface area contributed by atoms with Crippen LogP contribution in [0.25, 0.3) is 11.3 Å². The minimum atomic E-state index is 0.552. The maximum absolute atomic E-state index is 5.72. The van der Waals surface area contributed by atoms with Crippen molar-refractivity contribution in [2.24, 2.45) is 10.1 Å². The maximum Gasteiger partial charge on any atom is 0.206 e. The Morgan fingerprint density at radius 1 is 1.25 bits per heavy atom. The summed E-state index contributed by atoms with van der Waals surface area (Å²) in [6.07, 6.45) is 5.28. The van der Waals surface area contributed by atoms with Gasteiger partial charge in [0.15, 0.2) is 11.5 Å². The number of fused-ring (bicyclic) bond motifs is 1. The number of thiazole rings is 1. The fourth-order valence-electron chi connectivity index (χ4n) is 2.73. The highest BCUT2D eigenvalue weighted by Gasteiger charge is 2.15. The van der Waals surface area contributed by atoms with Gasteiger partial charge in [0, 0.05) is 36.0 Å². The van der Waals surface area contributed by atoms with Crippen molar-refractivity contribution in [3.05, 3.63) is 58.5 Å². The number of benzene rings is 1. The Kier molecular flexibility index (Phi) is 5.79. The third-order valence-corrected chi connectivity index (χ3v) is 4.93. The van der Waals surface area contributed by atoms with Gasteiger partial charge in [0.05, 0.1) is 25.1 Å². The third-order valence-electron chi connectivity index (χ3n) is 4.07. The van der Waals surface area contributed by atoms with Crippen LogP contribution in [0.3, 0.4) is 0 Å². The van der Waals surface area contributed by atoms with Crippen LogP contribution in [0.2, 0.25) is 0 Å². The second-order valence-corrected chi connectivity index (χ2v) is 6.82. The van der Waals surface area contributed by atoms with E-state index in [-0.39, 0.29) is 0 Å². The molecule has 4 rings (SSSR count). The molecule has 0 aliphatic carbocycles. The summed E-state index contributed by atoms with van der Waals surface area (Å²) in [7, 11) is 1.67. The summed E-state index contributed by atoms with van der Waals surface area (Å²) in [6, 6.07) is 9.74. The number of hydrogen-bond donors (Lipinski definition) is 0. The van der Waals surface area contributed by atoms with E-state index >= 15 is 0 Å². The van der Waals surface area contributed by atoms with Crippen LogP contribution in [0.15, 0.2) is 58.2 Å². The van der Waals surface area contributed by atoms with Crippen molar-refractivity contribution < 1.29 is 14.2 Å². The molecule has 0 amide bonds. The van der Waals surface area contributed by atoms with Crippen molar-refractivity contribution in [3.8, 4) is 22.8 Å². The molecule has 0 saturated heterocycles. The van der Waals surface area contributed by atoms with Gasteiger partial charge in [0.25, 0.3) is 0 Å². The van der Waals surface area contributed by atoms with E-state index in [1.54, 1.807) is 25.7 Å². The number of ether oxygens (including phenoxy) is 3. The average molecular weight is 396 g/mol. The van der Waals surface area contributed by atoms with Gasteiger partial charge in [-0.15, -0.1) is 11.3 Å². The van der Waals surface area contributed by atoms with Gasteiger partial charge < -0.3 is 14.2 Å². The van der Waals surface area contributed by atoms with Gasteiger partial charge in [-0.1, -0.05) is 6.07 Å². The Labute approximate surface area is 166 Å². The van der Waals surface area contributed by atoms with Gasteiger partial charge in [0.1, 0.15) is 13.2 Å².